The topological polar surface area (TPSA) is 68.0 Å². The fourth-order valence-corrected chi connectivity index (χ4v) is 3.75. The smallest absolute Gasteiger partial charge is 0.226 e. The molecule has 0 fully saturated rings. The van der Waals surface area contributed by atoms with E-state index in [1.54, 1.807) is 6.20 Å². The summed E-state index contributed by atoms with van der Waals surface area (Å²) in [6.07, 6.45) is 4.26. The molecular formula is C22H17F2N3O2S. The second-order valence-electron chi connectivity index (χ2n) is 6.58. The van der Waals surface area contributed by atoms with E-state index in [2.05, 4.69) is 15.3 Å². The monoisotopic (exact) mass is 425 g/mol. The summed E-state index contributed by atoms with van der Waals surface area (Å²) in [4.78, 5) is 21.6. The second kappa shape index (κ2) is 8.96. The number of thiazole rings is 1. The molecule has 0 aliphatic carbocycles. The van der Waals surface area contributed by atoms with E-state index in [4.69, 9.17) is 4.42 Å². The molecule has 2 aromatic heterocycles. The van der Waals surface area contributed by atoms with Crippen molar-refractivity contribution in [3.63, 3.8) is 0 Å². The van der Waals surface area contributed by atoms with Crippen LogP contribution in [0, 0.1) is 11.6 Å². The molecule has 30 heavy (non-hydrogen) atoms. The van der Waals surface area contributed by atoms with Crippen molar-refractivity contribution in [2.45, 2.75) is 19.3 Å². The van der Waals surface area contributed by atoms with Gasteiger partial charge in [0, 0.05) is 36.4 Å². The van der Waals surface area contributed by atoms with Gasteiger partial charge in [-0.3, -0.25) is 4.79 Å². The molecule has 2 heterocycles. The van der Waals surface area contributed by atoms with E-state index < -0.39 is 11.6 Å². The van der Waals surface area contributed by atoms with Crippen LogP contribution in [0.3, 0.4) is 0 Å². The maximum absolute atomic E-state index is 13.8. The third-order valence-electron chi connectivity index (χ3n) is 4.34. The predicted octanol–water partition coefficient (Wildman–Crippen LogP) is 5.24. The number of carbonyl (C=O) groups excluding carboxylic acids is 1. The van der Waals surface area contributed by atoms with E-state index in [-0.39, 0.29) is 30.1 Å². The summed E-state index contributed by atoms with van der Waals surface area (Å²) >= 11 is 1.43. The highest BCUT2D eigenvalue weighted by Crippen LogP contribution is 2.25. The van der Waals surface area contributed by atoms with Crippen molar-refractivity contribution in [1.29, 1.82) is 0 Å². The van der Waals surface area contributed by atoms with Gasteiger partial charge in [-0.15, -0.1) is 11.3 Å². The van der Waals surface area contributed by atoms with Crippen molar-refractivity contribution in [1.82, 2.24) is 9.97 Å². The van der Waals surface area contributed by atoms with E-state index in [0.29, 0.717) is 11.0 Å². The summed E-state index contributed by atoms with van der Waals surface area (Å²) in [5.41, 5.74) is 1.30. The van der Waals surface area contributed by atoms with E-state index in [1.807, 2.05) is 30.3 Å². The maximum Gasteiger partial charge on any atom is 0.226 e. The summed E-state index contributed by atoms with van der Waals surface area (Å²) in [5, 5.41) is 3.30. The van der Waals surface area contributed by atoms with Gasteiger partial charge in [0.25, 0.3) is 0 Å². The van der Waals surface area contributed by atoms with Crippen LogP contribution in [0.25, 0.3) is 11.3 Å². The molecule has 0 radical (unpaired) electrons. The third kappa shape index (κ3) is 4.96. The maximum atomic E-state index is 13.8. The fourth-order valence-electron chi connectivity index (χ4n) is 2.89. The molecule has 0 bridgehead atoms. The van der Waals surface area contributed by atoms with Crippen molar-refractivity contribution in [3.05, 3.63) is 88.9 Å². The summed E-state index contributed by atoms with van der Waals surface area (Å²) < 4.78 is 32.4. The first-order valence-electron chi connectivity index (χ1n) is 9.25. The number of amides is 1. The Hall–Kier alpha value is -3.39. The standard InChI is InChI=1S/C22H17F2N3O2S/c23-15-6-7-17(18(24)11-15)19-13-25-21(29-19)9-8-20(28)27-22-26-12-16(30-22)10-14-4-2-1-3-5-14/h1-7,11-13H,8-10H2,(H,26,27,28). The first-order valence-corrected chi connectivity index (χ1v) is 10.1. The number of rotatable bonds is 7. The zero-order chi connectivity index (χ0) is 20.9. The van der Waals surface area contributed by atoms with E-state index in [9.17, 15) is 13.6 Å². The molecule has 0 atom stereocenters. The van der Waals surface area contributed by atoms with Gasteiger partial charge in [-0.25, -0.2) is 18.7 Å². The van der Waals surface area contributed by atoms with Gasteiger partial charge < -0.3 is 9.73 Å². The highest BCUT2D eigenvalue weighted by Gasteiger charge is 2.14. The number of halogens is 2. The molecule has 8 heteroatoms. The zero-order valence-corrected chi connectivity index (χ0v) is 16.6. The average Bonchev–Trinajstić information content (AvgIpc) is 3.37. The molecule has 4 rings (SSSR count). The number of anilines is 1. The summed E-state index contributed by atoms with van der Waals surface area (Å²) in [7, 11) is 0. The van der Waals surface area contributed by atoms with Crippen LogP contribution in [0.5, 0.6) is 0 Å². The lowest BCUT2D eigenvalue weighted by Gasteiger charge is -2.00. The van der Waals surface area contributed by atoms with E-state index >= 15 is 0 Å². The minimum absolute atomic E-state index is 0.119. The van der Waals surface area contributed by atoms with Crippen LogP contribution in [-0.2, 0) is 17.6 Å². The molecule has 5 nitrogen and oxygen atoms in total. The summed E-state index contributed by atoms with van der Waals surface area (Å²) in [6.45, 7) is 0. The van der Waals surface area contributed by atoms with Gasteiger partial charge in [0.15, 0.2) is 16.8 Å². The van der Waals surface area contributed by atoms with Crippen molar-refractivity contribution < 1.29 is 18.0 Å². The Morgan fingerprint density at radius 1 is 1.07 bits per heavy atom. The van der Waals surface area contributed by atoms with Gasteiger partial charge in [0.1, 0.15) is 11.6 Å². The van der Waals surface area contributed by atoms with Crippen LogP contribution in [0.15, 0.2) is 65.3 Å². The number of hydrogen-bond donors (Lipinski definition) is 1. The number of benzene rings is 2. The number of hydrogen-bond acceptors (Lipinski definition) is 5. The summed E-state index contributed by atoms with van der Waals surface area (Å²) in [5.74, 6) is -1.13. The van der Waals surface area contributed by atoms with Gasteiger partial charge >= 0.3 is 0 Å². The van der Waals surface area contributed by atoms with Gasteiger partial charge in [0.2, 0.25) is 5.91 Å². The van der Waals surface area contributed by atoms with Crippen LogP contribution >= 0.6 is 11.3 Å². The van der Waals surface area contributed by atoms with Crippen molar-refractivity contribution >= 4 is 22.4 Å². The van der Waals surface area contributed by atoms with Crippen molar-refractivity contribution in [3.8, 4) is 11.3 Å². The SMILES string of the molecule is O=C(CCc1ncc(-c2ccc(F)cc2F)o1)Nc1ncc(Cc2ccccc2)s1. The number of aromatic nitrogens is 2. The first-order chi connectivity index (χ1) is 14.6. The lowest BCUT2D eigenvalue weighted by molar-refractivity contribution is -0.116. The largest absolute Gasteiger partial charge is 0.441 e. The molecule has 2 aromatic carbocycles. The van der Waals surface area contributed by atoms with Gasteiger partial charge in [0.05, 0.1) is 11.8 Å². The Balaban J connectivity index is 1.31. The molecule has 1 N–H and O–H groups in total. The zero-order valence-electron chi connectivity index (χ0n) is 15.8. The lowest BCUT2D eigenvalue weighted by atomic mass is 10.1. The minimum Gasteiger partial charge on any atom is -0.441 e. The van der Waals surface area contributed by atoms with Gasteiger partial charge in [-0.1, -0.05) is 30.3 Å². The molecule has 0 saturated carbocycles. The van der Waals surface area contributed by atoms with Crippen LogP contribution in [0.2, 0.25) is 0 Å². The van der Waals surface area contributed by atoms with Crippen LogP contribution in [0.1, 0.15) is 22.8 Å². The van der Waals surface area contributed by atoms with E-state index in [1.165, 1.54) is 29.2 Å². The normalized spacial score (nSPS) is 10.9. The van der Waals surface area contributed by atoms with Crippen LogP contribution in [-0.4, -0.2) is 15.9 Å². The highest BCUT2D eigenvalue weighted by atomic mass is 32.1. The number of oxazole rings is 1. The first kappa shape index (κ1) is 19.9. The Morgan fingerprint density at radius 2 is 1.90 bits per heavy atom. The van der Waals surface area contributed by atoms with Crippen molar-refractivity contribution in [2.24, 2.45) is 0 Å². The van der Waals surface area contributed by atoms with Gasteiger partial charge in [-0.2, -0.15) is 0 Å². The number of nitrogens with zero attached hydrogens (tertiary/aromatic N) is 2. The molecule has 0 aliphatic heterocycles. The Bertz CT molecular complexity index is 1160. The predicted molar refractivity (Wildman–Crippen MR) is 110 cm³/mol. The molecule has 4 aromatic rings. The molecule has 0 unspecified atom stereocenters. The quantitative estimate of drug-likeness (QED) is 0.440. The average molecular weight is 425 g/mol. The Labute approximate surface area is 175 Å². The summed E-state index contributed by atoms with van der Waals surface area (Å²) in [6, 6.07) is 13.2. The fraction of sp³-hybridized carbons (Fsp3) is 0.136. The van der Waals surface area contributed by atoms with Crippen LogP contribution < -0.4 is 5.32 Å². The number of carbonyl (C=O) groups is 1. The Morgan fingerprint density at radius 3 is 2.70 bits per heavy atom. The van der Waals surface area contributed by atoms with Crippen LogP contribution in [0.4, 0.5) is 13.9 Å². The molecule has 0 spiro atoms. The van der Waals surface area contributed by atoms with Gasteiger partial charge in [-0.05, 0) is 17.7 Å². The lowest BCUT2D eigenvalue weighted by Crippen LogP contribution is -2.12. The highest BCUT2D eigenvalue weighted by molar-refractivity contribution is 7.15. The third-order valence-corrected chi connectivity index (χ3v) is 5.25. The number of nitrogens with one attached hydrogen (secondary N) is 1. The molecule has 1 amide bonds. The van der Waals surface area contributed by atoms with Crippen molar-refractivity contribution in [2.75, 3.05) is 5.32 Å². The molecule has 0 saturated heterocycles. The Kier molecular flexibility index (Phi) is 5.94. The number of aryl methyl sites for hydroxylation is 1. The van der Waals surface area contributed by atoms with E-state index in [0.717, 1.165) is 23.4 Å². The molecule has 0 aliphatic rings. The molecular weight excluding hydrogens is 408 g/mol. The minimum atomic E-state index is -0.731. The molecule has 152 valence electrons. The second-order valence-corrected chi connectivity index (χ2v) is 7.70.